The average Bonchev–Trinajstić information content (AvgIpc) is 2.54. The lowest BCUT2D eigenvalue weighted by atomic mass is 9.88. The Bertz CT molecular complexity index is 361. The van der Waals surface area contributed by atoms with E-state index in [1.165, 1.54) is 0 Å². The maximum atomic E-state index is 10.4. The van der Waals surface area contributed by atoms with Crippen LogP contribution in [0.25, 0.3) is 0 Å². The molecule has 0 radical (unpaired) electrons. The normalized spacial score (nSPS) is 20.0. The molecule has 1 aliphatic rings. The molecule has 0 amide bonds. The largest absolute Gasteiger partial charge is 0.466 e. The lowest BCUT2D eigenvalue weighted by molar-refractivity contribution is 0.00647. The summed E-state index contributed by atoms with van der Waals surface area (Å²) >= 11 is 0. The number of aliphatic hydroxyl groups excluding tert-OH is 1. The minimum Gasteiger partial charge on any atom is -0.466 e. The van der Waals surface area contributed by atoms with Crippen LogP contribution in [0.3, 0.4) is 0 Å². The van der Waals surface area contributed by atoms with Gasteiger partial charge >= 0.3 is 0 Å². The van der Waals surface area contributed by atoms with Gasteiger partial charge in [-0.2, -0.15) is 0 Å². The summed E-state index contributed by atoms with van der Waals surface area (Å²) in [5, 5.41) is 10.4. The monoisotopic (exact) mass is 224 g/mol. The summed E-state index contributed by atoms with van der Waals surface area (Å²) in [6.45, 7) is 7.41. The minimum absolute atomic E-state index is 0.308. The summed E-state index contributed by atoms with van der Waals surface area (Å²) in [5.41, 5.74) is 2.08. The van der Waals surface area contributed by atoms with Gasteiger partial charge in [0.25, 0.3) is 0 Å². The topological polar surface area (TPSA) is 42.6 Å². The van der Waals surface area contributed by atoms with Crippen molar-refractivity contribution >= 4 is 0 Å². The molecule has 1 fully saturated rings. The van der Waals surface area contributed by atoms with E-state index in [1.807, 2.05) is 20.8 Å². The molecule has 2 heterocycles. The van der Waals surface area contributed by atoms with Crippen molar-refractivity contribution in [3.05, 3.63) is 22.6 Å². The van der Waals surface area contributed by atoms with Gasteiger partial charge in [-0.1, -0.05) is 0 Å². The second kappa shape index (κ2) is 4.60. The fourth-order valence-corrected chi connectivity index (χ4v) is 2.51. The zero-order valence-corrected chi connectivity index (χ0v) is 10.2. The maximum absolute atomic E-state index is 10.4. The van der Waals surface area contributed by atoms with Crippen LogP contribution in [0.4, 0.5) is 0 Å². The third kappa shape index (κ3) is 2.02. The summed E-state index contributed by atoms with van der Waals surface area (Å²) < 4.78 is 10.9. The van der Waals surface area contributed by atoms with Gasteiger partial charge in [0.2, 0.25) is 0 Å². The van der Waals surface area contributed by atoms with E-state index in [0.717, 1.165) is 48.7 Å². The highest BCUT2D eigenvalue weighted by atomic mass is 16.5. The quantitative estimate of drug-likeness (QED) is 0.839. The van der Waals surface area contributed by atoms with Crippen LogP contribution >= 0.6 is 0 Å². The van der Waals surface area contributed by atoms with Gasteiger partial charge in [0.1, 0.15) is 11.5 Å². The Kier molecular flexibility index (Phi) is 3.36. The van der Waals surface area contributed by atoms with Crippen molar-refractivity contribution in [2.24, 2.45) is 5.92 Å². The summed E-state index contributed by atoms with van der Waals surface area (Å²) in [6.07, 6.45) is 1.47. The van der Waals surface area contributed by atoms with Crippen LogP contribution in [0.15, 0.2) is 4.42 Å². The second-order valence-corrected chi connectivity index (χ2v) is 4.65. The first-order chi connectivity index (χ1) is 7.61. The molecule has 1 aromatic rings. The van der Waals surface area contributed by atoms with E-state index >= 15 is 0 Å². The van der Waals surface area contributed by atoms with Crippen molar-refractivity contribution in [1.82, 2.24) is 0 Å². The highest BCUT2D eigenvalue weighted by Crippen LogP contribution is 2.35. The molecule has 0 spiro atoms. The van der Waals surface area contributed by atoms with Gasteiger partial charge < -0.3 is 14.3 Å². The van der Waals surface area contributed by atoms with Gasteiger partial charge in [-0.05, 0) is 45.1 Å². The lowest BCUT2D eigenvalue weighted by Crippen LogP contribution is -2.22. The van der Waals surface area contributed by atoms with Crippen molar-refractivity contribution in [3.8, 4) is 0 Å². The Hall–Kier alpha value is -0.800. The van der Waals surface area contributed by atoms with E-state index < -0.39 is 6.10 Å². The first-order valence-corrected chi connectivity index (χ1v) is 5.93. The molecular weight excluding hydrogens is 204 g/mol. The fourth-order valence-electron chi connectivity index (χ4n) is 2.51. The average molecular weight is 224 g/mol. The predicted molar refractivity (Wildman–Crippen MR) is 61.4 cm³/mol. The number of rotatable bonds is 2. The van der Waals surface area contributed by atoms with E-state index in [2.05, 4.69) is 0 Å². The molecule has 3 nitrogen and oxygen atoms in total. The van der Waals surface area contributed by atoms with Gasteiger partial charge in [0.05, 0.1) is 6.10 Å². The van der Waals surface area contributed by atoms with Crippen LogP contribution < -0.4 is 0 Å². The van der Waals surface area contributed by atoms with Crippen LogP contribution in [-0.2, 0) is 4.74 Å². The molecule has 1 aromatic heterocycles. The zero-order valence-electron chi connectivity index (χ0n) is 10.2. The highest BCUT2D eigenvalue weighted by molar-refractivity contribution is 5.33. The van der Waals surface area contributed by atoms with Gasteiger partial charge in [-0.3, -0.25) is 0 Å². The summed E-state index contributed by atoms with van der Waals surface area (Å²) in [4.78, 5) is 0. The standard InChI is InChI=1S/C13H20O3/c1-8-9(2)16-10(3)12(8)13(14)11-4-6-15-7-5-11/h11,13-14H,4-7H2,1-3H3. The molecule has 0 aliphatic carbocycles. The molecule has 1 saturated heterocycles. The molecule has 1 aliphatic heterocycles. The van der Waals surface area contributed by atoms with Crippen LogP contribution in [0, 0.1) is 26.7 Å². The Morgan fingerprint density at radius 1 is 1.12 bits per heavy atom. The van der Waals surface area contributed by atoms with E-state index in [4.69, 9.17) is 9.15 Å². The van der Waals surface area contributed by atoms with Gasteiger partial charge in [-0.25, -0.2) is 0 Å². The number of ether oxygens (including phenoxy) is 1. The Balaban J connectivity index is 2.22. The molecule has 1 N–H and O–H groups in total. The van der Waals surface area contributed by atoms with Crippen molar-refractivity contribution in [2.45, 2.75) is 39.7 Å². The molecule has 1 unspecified atom stereocenters. The molecule has 0 aromatic carbocycles. The van der Waals surface area contributed by atoms with E-state index in [1.54, 1.807) is 0 Å². The van der Waals surface area contributed by atoms with Crippen LogP contribution in [0.2, 0.25) is 0 Å². The lowest BCUT2D eigenvalue weighted by Gasteiger charge is -2.27. The Morgan fingerprint density at radius 2 is 1.75 bits per heavy atom. The van der Waals surface area contributed by atoms with Gasteiger partial charge in [0, 0.05) is 18.8 Å². The number of hydrogen-bond donors (Lipinski definition) is 1. The van der Waals surface area contributed by atoms with E-state index in [-0.39, 0.29) is 0 Å². The molecule has 0 saturated carbocycles. The number of furan rings is 1. The predicted octanol–water partition coefficient (Wildman–Crippen LogP) is 2.66. The van der Waals surface area contributed by atoms with Crippen LogP contribution in [0.1, 0.15) is 41.6 Å². The third-order valence-corrected chi connectivity index (χ3v) is 3.63. The first kappa shape index (κ1) is 11.7. The molecular formula is C13H20O3. The van der Waals surface area contributed by atoms with E-state index in [9.17, 15) is 5.11 Å². The van der Waals surface area contributed by atoms with Crippen molar-refractivity contribution < 1.29 is 14.3 Å². The fraction of sp³-hybridized carbons (Fsp3) is 0.692. The molecule has 2 rings (SSSR count). The smallest absolute Gasteiger partial charge is 0.107 e. The molecule has 90 valence electrons. The van der Waals surface area contributed by atoms with Crippen LogP contribution in [0.5, 0.6) is 0 Å². The number of aliphatic hydroxyl groups is 1. The Labute approximate surface area is 96.4 Å². The molecule has 0 bridgehead atoms. The van der Waals surface area contributed by atoms with Crippen molar-refractivity contribution in [3.63, 3.8) is 0 Å². The van der Waals surface area contributed by atoms with Crippen molar-refractivity contribution in [2.75, 3.05) is 13.2 Å². The molecule has 1 atom stereocenters. The summed E-state index contributed by atoms with van der Waals surface area (Å²) in [6, 6.07) is 0. The second-order valence-electron chi connectivity index (χ2n) is 4.65. The first-order valence-electron chi connectivity index (χ1n) is 5.93. The van der Waals surface area contributed by atoms with Gasteiger partial charge in [-0.15, -0.1) is 0 Å². The van der Waals surface area contributed by atoms with Crippen molar-refractivity contribution in [1.29, 1.82) is 0 Å². The summed E-state index contributed by atoms with van der Waals surface area (Å²) in [7, 11) is 0. The zero-order chi connectivity index (χ0) is 11.7. The number of aryl methyl sites for hydroxylation is 2. The summed E-state index contributed by atoms with van der Waals surface area (Å²) in [5.74, 6) is 2.08. The number of hydrogen-bond acceptors (Lipinski definition) is 3. The van der Waals surface area contributed by atoms with Gasteiger partial charge in [0.15, 0.2) is 0 Å². The third-order valence-electron chi connectivity index (χ3n) is 3.63. The van der Waals surface area contributed by atoms with E-state index in [0.29, 0.717) is 5.92 Å². The Morgan fingerprint density at radius 3 is 2.25 bits per heavy atom. The van der Waals surface area contributed by atoms with Crippen LogP contribution in [-0.4, -0.2) is 18.3 Å². The highest BCUT2D eigenvalue weighted by Gasteiger charge is 2.28. The maximum Gasteiger partial charge on any atom is 0.107 e. The SMILES string of the molecule is Cc1oc(C)c(C(O)C2CCOCC2)c1C. The molecule has 16 heavy (non-hydrogen) atoms. The minimum atomic E-state index is -0.402. The molecule has 3 heteroatoms.